The van der Waals surface area contributed by atoms with Crippen LogP contribution in [0.25, 0.3) is 10.8 Å². The molecule has 0 amide bonds. The predicted octanol–water partition coefficient (Wildman–Crippen LogP) is 4.42. The van der Waals surface area contributed by atoms with Crippen molar-refractivity contribution in [2.75, 3.05) is 6.61 Å². The Morgan fingerprint density at radius 1 is 0.875 bits per heavy atom. The lowest BCUT2D eigenvalue weighted by Gasteiger charge is -2.22. The summed E-state index contributed by atoms with van der Waals surface area (Å²) < 4.78 is 5.98. The Morgan fingerprint density at radius 2 is 1.50 bits per heavy atom. The van der Waals surface area contributed by atoms with Gasteiger partial charge in [-0.2, -0.15) is 0 Å². The van der Waals surface area contributed by atoms with E-state index in [1.165, 1.54) is 11.1 Å². The van der Waals surface area contributed by atoms with Gasteiger partial charge in [0, 0.05) is 0 Å². The highest BCUT2D eigenvalue weighted by atomic mass is 16.5. The summed E-state index contributed by atoms with van der Waals surface area (Å²) in [5, 5.41) is 11.6. The Balaban J connectivity index is 1.91. The van der Waals surface area contributed by atoms with E-state index in [-0.39, 0.29) is 6.61 Å². The van der Waals surface area contributed by atoms with Crippen molar-refractivity contribution in [2.24, 2.45) is 5.73 Å². The minimum atomic E-state index is -0.733. The molecule has 0 fully saturated rings. The first kappa shape index (κ1) is 16.5. The molecule has 0 aliphatic rings. The lowest BCUT2D eigenvalue weighted by Crippen LogP contribution is -2.36. The van der Waals surface area contributed by atoms with Gasteiger partial charge in [-0.15, -0.1) is 0 Å². The Kier molecular flexibility index (Phi) is 4.31. The summed E-state index contributed by atoms with van der Waals surface area (Å²) in [6.07, 6.45) is 0. The standard InChI is InChI=1S/C21H23NO2/c1-14-4-8-19(10-15(14)2)24-20-9-6-16-11-18(21(3,22)13-23)7-5-17(16)12-20/h4-12,23H,13,22H2,1-3H3/t21-/m0/s1. The first-order chi connectivity index (χ1) is 11.4. The van der Waals surface area contributed by atoms with E-state index in [1.807, 2.05) is 55.5 Å². The van der Waals surface area contributed by atoms with Crippen molar-refractivity contribution in [1.82, 2.24) is 0 Å². The maximum atomic E-state index is 9.42. The first-order valence-electron chi connectivity index (χ1n) is 8.08. The number of ether oxygens (including phenoxy) is 1. The van der Waals surface area contributed by atoms with Crippen LogP contribution < -0.4 is 10.5 Å². The maximum Gasteiger partial charge on any atom is 0.128 e. The Bertz CT molecular complexity index is 884. The molecule has 0 unspecified atom stereocenters. The number of fused-ring (bicyclic) bond motifs is 1. The molecule has 0 saturated carbocycles. The molecule has 0 aliphatic heterocycles. The highest BCUT2D eigenvalue weighted by Gasteiger charge is 2.19. The highest BCUT2D eigenvalue weighted by Crippen LogP contribution is 2.29. The lowest BCUT2D eigenvalue weighted by atomic mass is 9.92. The zero-order valence-electron chi connectivity index (χ0n) is 14.3. The number of rotatable bonds is 4. The van der Waals surface area contributed by atoms with Crippen LogP contribution in [0.5, 0.6) is 11.5 Å². The summed E-state index contributed by atoms with van der Waals surface area (Å²) in [4.78, 5) is 0. The van der Waals surface area contributed by atoms with E-state index in [0.717, 1.165) is 27.8 Å². The van der Waals surface area contributed by atoms with Gasteiger partial charge in [0.15, 0.2) is 0 Å². The van der Waals surface area contributed by atoms with Crippen LogP contribution in [0.1, 0.15) is 23.6 Å². The second-order valence-electron chi connectivity index (χ2n) is 6.65. The van der Waals surface area contributed by atoms with Gasteiger partial charge in [0.25, 0.3) is 0 Å². The van der Waals surface area contributed by atoms with Crippen molar-refractivity contribution >= 4 is 10.8 Å². The predicted molar refractivity (Wildman–Crippen MR) is 98.6 cm³/mol. The molecule has 0 aromatic heterocycles. The van der Waals surface area contributed by atoms with Gasteiger partial charge in [0.1, 0.15) is 11.5 Å². The molecule has 0 spiro atoms. The summed E-state index contributed by atoms with van der Waals surface area (Å²) in [5.74, 6) is 1.64. The monoisotopic (exact) mass is 321 g/mol. The van der Waals surface area contributed by atoms with E-state index >= 15 is 0 Å². The number of hydrogen-bond acceptors (Lipinski definition) is 3. The molecule has 3 nitrogen and oxygen atoms in total. The Labute approximate surface area is 142 Å². The molecule has 0 saturated heterocycles. The fourth-order valence-corrected chi connectivity index (χ4v) is 2.65. The van der Waals surface area contributed by atoms with E-state index in [0.29, 0.717) is 0 Å². The van der Waals surface area contributed by atoms with Gasteiger partial charge in [-0.25, -0.2) is 0 Å². The van der Waals surface area contributed by atoms with Crippen molar-refractivity contribution in [3.63, 3.8) is 0 Å². The molecular weight excluding hydrogens is 298 g/mol. The number of nitrogens with two attached hydrogens (primary N) is 1. The van der Waals surface area contributed by atoms with Gasteiger partial charge >= 0.3 is 0 Å². The molecule has 0 aliphatic carbocycles. The van der Waals surface area contributed by atoms with E-state index in [1.54, 1.807) is 0 Å². The second-order valence-corrected chi connectivity index (χ2v) is 6.65. The molecular formula is C21H23NO2. The van der Waals surface area contributed by atoms with Crippen molar-refractivity contribution in [3.8, 4) is 11.5 Å². The van der Waals surface area contributed by atoms with Crippen molar-refractivity contribution in [3.05, 3.63) is 71.3 Å². The largest absolute Gasteiger partial charge is 0.457 e. The molecule has 0 heterocycles. The maximum absolute atomic E-state index is 9.42. The van der Waals surface area contributed by atoms with Crippen LogP contribution >= 0.6 is 0 Å². The molecule has 124 valence electrons. The van der Waals surface area contributed by atoms with Crippen LogP contribution in [0.3, 0.4) is 0 Å². The van der Waals surface area contributed by atoms with Crippen molar-refractivity contribution in [2.45, 2.75) is 26.3 Å². The second kappa shape index (κ2) is 6.27. The van der Waals surface area contributed by atoms with Crippen LogP contribution in [0.15, 0.2) is 54.6 Å². The Morgan fingerprint density at radius 3 is 2.21 bits per heavy atom. The summed E-state index contributed by atoms with van der Waals surface area (Å²) in [6.45, 7) is 5.90. The van der Waals surface area contributed by atoms with Crippen LogP contribution in [-0.4, -0.2) is 11.7 Å². The number of aryl methyl sites for hydroxylation is 2. The third kappa shape index (κ3) is 3.28. The number of aliphatic hydroxyl groups excluding tert-OH is 1. The molecule has 3 N–H and O–H groups in total. The average Bonchev–Trinajstić information content (AvgIpc) is 2.57. The molecule has 3 heteroatoms. The van der Waals surface area contributed by atoms with Crippen LogP contribution in [0.4, 0.5) is 0 Å². The van der Waals surface area contributed by atoms with Gasteiger partial charge in [-0.05, 0) is 78.6 Å². The van der Waals surface area contributed by atoms with Crippen LogP contribution in [-0.2, 0) is 5.54 Å². The summed E-state index contributed by atoms with van der Waals surface area (Å²) in [5.41, 5.74) is 8.76. The fraction of sp³-hybridized carbons (Fsp3) is 0.238. The third-order valence-electron chi connectivity index (χ3n) is 4.51. The van der Waals surface area contributed by atoms with Gasteiger partial charge < -0.3 is 15.6 Å². The number of benzene rings is 3. The van der Waals surface area contributed by atoms with E-state index in [4.69, 9.17) is 10.5 Å². The van der Waals surface area contributed by atoms with Gasteiger partial charge in [-0.1, -0.05) is 24.3 Å². The van der Waals surface area contributed by atoms with Gasteiger partial charge in [0.2, 0.25) is 0 Å². The van der Waals surface area contributed by atoms with Gasteiger partial charge in [0.05, 0.1) is 12.1 Å². The molecule has 3 aromatic rings. The SMILES string of the molecule is Cc1ccc(Oc2ccc3cc([C@@](C)(N)CO)ccc3c2)cc1C. The van der Waals surface area contributed by atoms with E-state index < -0.39 is 5.54 Å². The lowest BCUT2D eigenvalue weighted by molar-refractivity contribution is 0.210. The normalized spacial score (nSPS) is 13.7. The molecule has 0 radical (unpaired) electrons. The van der Waals surface area contributed by atoms with Crippen LogP contribution in [0, 0.1) is 13.8 Å². The van der Waals surface area contributed by atoms with Gasteiger partial charge in [-0.3, -0.25) is 0 Å². The first-order valence-corrected chi connectivity index (χ1v) is 8.08. The third-order valence-corrected chi connectivity index (χ3v) is 4.51. The zero-order chi connectivity index (χ0) is 17.3. The summed E-state index contributed by atoms with van der Waals surface area (Å²) in [6, 6.07) is 18.1. The Hall–Kier alpha value is -2.36. The molecule has 3 rings (SSSR count). The summed E-state index contributed by atoms with van der Waals surface area (Å²) >= 11 is 0. The van der Waals surface area contributed by atoms with E-state index in [9.17, 15) is 5.11 Å². The zero-order valence-corrected chi connectivity index (χ0v) is 14.3. The average molecular weight is 321 g/mol. The minimum Gasteiger partial charge on any atom is -0.457 e. The van der Waals surface area contributed by atoms with Crippen molar-refractivity contribution < 1.29 is 9.84 Å². The number of hydrogen-bond donors (Lipinski definition) is 2. The smallest absolute Gasteiger partial charge is 0.128 e. The van der Waals surface area contributed by atoms with E-state index in [2.05, 4.69) is 19.9 Å². The summed E-state index contributed by atoms with van der Waals surface area (Å²) in [7, 11) is 0. The molecule has 3 aromatic carbocycles. The molecule has 0 bridgehead atoms. The van der Waals surface area contributed by atoms with Crippen molar-refractivity contribution in [1.29, 1.82) is 0 Å². The highest BCUT2D eigenvalue weighted by molar-refractivity contribution is 5.84. The fourth-order valence-electron chi connectivity index (χ4n) is 2.65. The molecule has 1 atom stereocenters. The van der Waals surface area contributed by atoms with Crippen LogP contribution in [0.2, 0.25) is 0 Å². The topological polar surface area (TPSA) is 55.5 Å². The molecule has 24 heavy (non-hydrogen) atoms. The minimum absolute atomic E-state index is 0.0908. The quantitative estimate of drug-likeness (QED) is 0.748. The number of aliphatic hydroxyl groups is 1.